The van der Waals surface area contributed by atoms with Crippen LogP contribution in [-0.4, -0.2) is 30.3 Å². The lowest BCUT2D eigenvalue weighted by Gasteiger charge is -2.10. The zero-order valence-corrected chi connectivity index (χ0v) is 6.32. The number of hydrogen-bond acceptors (Lipinski definition) is 3. The normalized spacial score (nSPS) is 26.8. The molecule has 1 fully saturated rings. The van der Waals surface area contributed by atoms with Crippen molar-refractivity contribution in [1.29, 1.82) is 0 Å². The Morgan fingerprint density at radius 1 is 1.82 bits per heavy atom. The lowest BCUT2D eigenvalue weighted by molar-refractivity contribution is -0.138. The fourth-order valence-corrected chi connectivity index (χ4v) is 1.23. The van der Waals surface area contributed by atoms with Gasteiger partial charge in [0.05, 0.1) is 0 Å². The molecular weight excluding hydrogens is 146 g/mol. The second-order valence-corrected chi connectivity index (χ2v) is 2.91. The summed E-state index contributed by atoms with van der Waals surface area (Å²) in [6, 6.07) is -0.721. The number of ether oxygens (including phenoxy) is 1. The zero-order chi connectivity index (χ0) is 8.27. The first-order valence-electron chi connectivity index (χ1n) is 3.76. The Balaban J connectivity index is 2.23. The molecular formula is C7H13NO3. The van der Waals surface area contributed by atoms with Crippen molar-refractivity contribution in [2.45, 2.75) is 18.9 Å². The molecule has 1 aliphatic rings. The molecule has 0 amide bonds. The molecule has 4 nitrogen and oxygen atoms in total. The molecule has 0 saturated carbocycles. The molecule has 1 rings (SSSR count). The Kier molecular flexibility index (Phi) is 2.84. The number of rotatable bonds is 3. The van der Waals surface area contributed by atoms with Crippen LogP contribution in [0.3, 0.4) is 0 Å². The number of nitrogens with two attached hydrogens (primary N) is 1. The molecule has 0 bridgehead atoms. The third-order valence-electron chi connectivity index (χ3n) is 1.93. The Morgan fingerprint density at radius 2 is 2.55 bits per heavy atom. The highest BCUT2D eigenvalue weighted by Crippen LogP contribution is 2.17. The van der Waals surface area contributed by atoms with Gasteiger partial charge in [-0.25, -0.2) is 0 Å². The van der Waals surface area contributed by atoms with Gasteiger partial charge in [0.25, 0.3) is 0 Å². The minimum absolute atomic E-state index is 0.348. The summed E-state index contributed by atoms with van der Waals surface area (Å²) >= 11 is 0. The van der Waals surface area contributed by atoms with Gasteiger partial charge in [-0.3, -0.25) is 4.79 Å². The van der Waals surface area contributed by atoms with Crippen molar-refractivity contribution in [3.8, 4) is 0 Å². The van der Waals surface area contributed by atoms with E-state index in [0.717, 1.165) is 13.0 Å². The number of aliphatic carboxylic acids is 1. The highest BCUT2D eigenvalue weighted by Gasteiger charge is 2.21. The number of carboxylic acids is 1. The van der Waals surface area contributed by atoms with Crippen molar-refractivity contribution in [2.24, 2.45) is 11.7 Å². The first-order chi connectivity index (χ1) is 5.20. The van der Waals surface area contributed by atoms with Crippen LogP contribution in [0.4, 0.5) is 0 Å². The summed E-state index contributed by atoms with van der Waals surface area (Å²) in [4.78, 5) is 10.3. The summed E-state index contributed by atoms with van der Waals surface area (Å²) in [5.41, 5.74) is 5.34. The van der Waals surface area contributed by atoms with Crippen molar-refractivity contribution in [2.75, 3.05) is 13.2 Å². The molecule has 1 aliphatic heterocycles. The van der Waals surface area contributed by atoms with E-state index < -0.39 is 12.0 Å². The van der Waals surface area contributed by atoms with Crippen LogP contribution in [0.2, 0.25) is 0 Å². The van der Waals surface area contributed by atoms with Crippen molar-refractivity contribution in [3.05, 3.63) is 0 Å². The van der Waals surface area contributed by atoms with E-state index in [-0.39, 0.29) is 0 Å². The van der Waals surface area contributed by atoms with Gasteiger partial charge in [-0.2, -0.15) is 0 Å². The van der Waals surface area contributed by atoms with E-state index in [4.69, 9.17) is 15.6 Å². The third kappa shape index (κ3) is 2.48. The van der Waals surface area contributed by atoms with E-state index in [1.807, 2.05) is 0 Å². The van der Waals surface area contributed by atoms with Crippen LogP contribution in [-0.2, 0) is 9.53 Å². The van der Waals surface area contributed by atoms with Crippen LogP contribution in [0, 0.1) is 5.92 Å². The van der Waals surface area contributed by atoms with Crippen molar-refractivity contribution in [3.63, 3.8) is 0 Å². The second-order valence-electron chi connectivity index (χ2n) is 2.91. The lowest BCUT2D eigenvalue weighted by atomic mass is 10.00. The zero-order valence-electron chi connectivity index (χ0n) is 6.32. The van der Waals surface area contributed by atoms with Gasteiger partial charge in [-0.1, -0.05) is 0 Å². The minimum Gasteiger partial charge on any atom is -0.480 e. The smallest absolute Gasteiger partial charge is 0.320 e. The van der Waals surface area contributed by atoms with E-state index >= 15 is 0 Å². The van der Waals surface area contributed by atoms with Crippen molar-refractivity contribution in [1.82, 2.24) is 0 Å². The third-order valence-corrected chi connectivity index (χ3v) is 1.93. The average molecular weight is 159 g/mol. The Bertz CT molecular complexity index is 143. The fraction of sp³-hybridized carbons (Fsp3) is 0.857. The van der Waals surface area contributed by atoms with Gasteiger partial charge in [-0.05, 0) is 18.8 Å². The van der Waals surface area contributed by atoms with Gasteiger partial charge in [0.15, 0.2) is 0 Å². The predicted molar refractivity (Wildman–Crippen MR) is 39.2 cm³/mol. The summed E-state index contributed by atoms with van der Waals surface area (Å²) in [5, 5.41) is 8.48. The SMILES string of the molecule is NC(CC1CCOC1)C(=O)O. The standard InChI is InChI=1S/C7H13NO3/c8-6(7(9)10)3-5-1-2-11-4-5/h5-6H,1-4,8H2,(H,9,10). The highest BCUT2D eigenvalue weighted by atomic mass is 16.5. The fourth-order valence-electron chi connectivity index (χ4n) is 1.23. The Hall–Kier alpha value is -0.610. The highest BCUT2D eigenvalue weighted by molar-refractivity contribution is 5.73. The van der Waals surface area contributed by atoms with Crippen LogP contribution in [0.5, 0.6) is 0 Å². The topological polar surface area (TPSA) is 72.5 Å². The van der Waals surface area contributed by atoms with E-state index in [9.17, 15) is 4.79 Å². The maximum absolute atomic E-state index is 10.3. The largest absolute Gasteiger partial charge is 0.480 e. The van der Waals surface area contributed by atoms with E-state index in [0.29, 0.717) is 18.9 Å². The second kappa shape index (κ2) is 3.69. The van der Waals surface area contributed by atoms with Gasteiger partial charge >= 0.3 is 5.97 Å². The van der Waals surface area contributed by atoms with Crippen LogP contribution in [0.1, 0.15) is 12.8 Å². The van der Waals surface area contributed by atoms with Gasteiger partial charge in [-0.15, -0.1) is 0 Å². The molecule has 11 heavy (non-hydrogen) atoms. The van der Waals surface area contributed by atoms with E-state index in [2.05, 4.69) is 0 Å². The van der Waals surface area contributed by atoms with Crippen LogP contribution < -0.4 is 5.73 Å². The molecule has 3 N–H and O–H groups in total. The van der Waals surface area contributed by atoms with Gasteiger partial charge in [0.1, 0.15) is 6.04 Å². The molecule has 1 heterocycles. The molecule has 0 spiro atoms. The number of carboxylic acid groups (broad SMARTS) is 1. The molecule has 0 radical (unpaired) electrons. The first-order valence-corrected chi connectivity index (χ1v) is 3.76. The maximum atomic E-state index is 10.3. The number of carbonyl (C=O) groups is 1. The molecule has 4 heteroatoms. The molecule has 64 valence electrons. The van der Waals surface area contributed by atoms with Gasteiger partial charge < -0.3 is 15.6 Å². The number of hydrogen-bond donors (Lipinski definition) is 2. The van der Waals surface area contributed by atoms with E-state index in [1.165, 1.54) is 0 Å². The van der Waals surface area contributed by atoms with Gasteiger partial charge in [0, 0.05) is 13.2 Å². The Morgan fingerprint density at radius 3 is 3.00 bits per heavy atom. The molecule has 1 saturated heterocycles. The van der Waals surface area contributed by atoms with Crippen LogP contribution in [0.15, 0.2) is 0 Å². The molecule has 0 aromatic carbocycles. The molecule has 0 aromatic heterocycles. The predicted octanol–water partition coefficient (Wildman–Crippen LogP) is -0.175. The Labute approximate surface area is 65.3 Å². The summed E-state index contributed by atoms with van der Waals surface area (Å²) < 4.78 is 5.09. The minimum atomic E-state index is -0.920. The lowest BCUT2D eigenvalue weighted by Crippen LogP contribution is -2.32. The summed E-state index contributed by atoms with van der Waals surface area (Å²) in [6.07, 6.45) is 1.48. The van der Waals surface area contributed by atoms with Crippen molar-refractivity contribution >= 4 is 5.97 Å². The monoisotopic (exact) mass is 159 g/mol. The summed E-state index contributed by atoms with van der Waals surface area (Å²) in [7, 11) is 0. The van der Waals surface area contributed by atoms with Gasteiger partial charge in [0.2, 0.25) is 0 Å². The molecule has 2 atom stereocenters. The molecule has 0 aromatic rings. The van der Waals surface area contributed by atoms with E-state index in [1.54, 1.807) is 0 Å². The average Bonchev–Trinajstić information content (AvgIpc) is 2.39. The summed E-state index contributed by atoms with van der Waals surface area (Å²) in [5.74, 6) is -0.571. The van der Waals surface area contributed by atoms with Crippen LogP contribution >= 0.6 is 0 Å². The maximum Gasteiger partial charge on any atom is 0.320 e. The molecule has 2 unspecified atom stereocenters. The first kappa shape index (κ1) is 8.49. The summed E-state index contributed by atoms with van der Waals surface area (Å²) in [6.45, 7) is 1.41. The molecule has 0 aliphatic carbocycles. The van der Waals surface area contributed by atoms with Crippen LogP contribution in [0.25, 0.3) is 0 Å². The quantitative estimate of drug-likeness (QED) is 0.599. The van der Waals surface area contributed by atoms with Crippen molar-refractivity contribution < 1.29 is 14.6 Å².